The molecule has 15 heavy (non-hydrogen) atoms. The van der Waals surface area contributed by atoms with Crippen LogP contribution in [0, 0.1) is 0 Å². The van der Waals surface area contributed by atoms with Crippen molar-refractivity contribution in [3.8, 4) is 11.5 Å². The summed E-state index contributed by atoms with van der Waals surface area (Å²) >= 11 is 6.03. The summed E-state index contributed by atoms with van der Waals surface area (Å²) in [5, 5.41) is 0.609. The molecule has 0 heterocycles. The van der Waals surface area contributed by atoms with E-state index < -0.39 is 0 Å². The first-order valence-electron chi connectivity index (χ1n) is 4.74. The molecule has 0 amide bonds. The van der Waals surface area contributed by atoms with Crippen LogP contribution in [0.15, 0.2) is 24.8 Å². The van der Waals surface area contributed by atoms with Gasteiger partial charge in [-0.15, -0.1) is 6.58 Å². The maximum atomic E-state index is 6.03. The number of benzene rings is 1. The summed E-state index contributed by atoms with van der Waals surface area (Å²) in [5.74, 6) is 1.44. The lowest BCUT2D eigenvalue weighted by molar-refractivity contribution is 0.391. The number of aryl methyl sites for hydroxylation is 1. The molecule has 1 aromatic rings. The van der Waals surface area contributed by atoms with Gasteiger partial charge in [0.25, 0.3) is 0 Å². The second kappa shape index (κ2) is 5.66. The van der Waals surface area contributed by atoms with Crippen LogP contribution in [0.25, 0.3) is 0 Å². The molecule has 0 N–H and O–H groups in total. The van der Waals surface area contributed by atoms with Crippen LogP contribution in [0.4, 0.5) is 0 Å². The Kier molecular flexibility index (Phi) is 4.50. The van der Waals surface area contributed by atoms with Crippen LogP contribution in [-0.4, -0.2) is 14.2 Å². The lowest BCUT2D eigenvalue weighted by Gasteiger charge is -2.11. The van der Waals surface area contributed by atoms with Crippen molar-refractivity contribution >= 4 is 11.6 Å². The van der Waals surface area contributed by atoms with Crippen molar-refractivity contribution in [2.75, 3.05) is 14.2 Å². The van der Waals surface area contributed by atoms with E-state index in [1.54, 1.807) is 20.3 Å². The van der Waals surface area contributed by atoms with Gasteiger partial charge in [0.2, 0.25) is 0 Å². The Morgan fingerprint density at radius 1 is 1.27 bits per heavy atom. The monoisotopic (exact) mass is 226 g/mol. The molecule has 0 spiro atoms. The minimum absolute atomic E-state index is 0.609. The van der Waals surface area contributed by atoms with Crippen LogP contribution in [-0.2, 0) is 6.42 Å². The first-order valence-corrected chi connectivity index (χ1v) is 5.12. The Balaban J connectivity index is 3.03. The molecule has 0 unspecified atom stereocenters. The number of halogens is 1. The highest BCUT2D eigenvalue weighted by molar-refractivity contribution is 6.32. The molecule has 1 rings (SSSR count). The van der Waals surface area contributed by atoms with Gasteiger partial charge in [-0.25, -0.2) is 0 Å². The number of hydrogen-bond acceptors (Lipinski definition) is 2. The van der Waals surface area contributed by atoms with E-state index in [-0.39, 0.29) is 0 Å². The number of rotatable bonds is 5. The summed E-state index contributed by atoms with van der Waals surface area (Å²) in [6, 6.07) is 3.68. The van der Waals surface area contributed by atoms with Gasteiger partial charge >= 0.3 is 0 Å². The van der Waals surface area contributed by atoms with Gasteiger partial charge in [0.15, 0.2) is 0 Å². The first-order chi connectivity index (χ1) is 7.22. The van der Waals surface area contributed by atoms with Crippen molar-refractivity contribution in [1.29, 1.82) is 0 Å². The lowest BCUT2D eigenvalue weighted by atomic mass is 10.1. The third-order valence-electron chi connectivity index (χ3n) is 2.17. The fraction of sp³-hybridized carbons (Fsp3) is 0.333. The van der Waals surface area contributed by atoms with Gasteiger partial charge in [-0.2, -0.15) is 0 Å². The van der Waals surface area contributed by atoms with Crippen LogP contribution in [0.1, 0.15) is 12.0 Å². The number of allylic oxidation sites excluding steroid dienone is 1. The summed E-state index contributed by atoms with van der Waals surface area (Å²) in [5.41, 5.74) is 1.07. The second-order valence-corrected chi connectivity index (χ2v) is 3.53. The molecule has 82 valence electrons. The fourth-order valence-corrected chi connectivity index (χ4v) is 1.64. The number of methoxy groups -OCH3 is 2. The number of ether oxygens (including phenoxy) is 2. The zero-order valence-electron chi connectivity index (χ0n) is 9.05. The fourth-order valence-electron chi connectivity index (χ4n) is 1.38. The zero-order chi connectivity index (χ0) is 11.3. The van der Waals surface area contributed by atoms with Crippen LogP contribution < -0.4 is 9.47 Å². The van der Waals surface area contributed by atoms with Gasteiger partial charge in [0, 0.05) is 6.07 Å². The minimum atomic E-state index is 0.609. The molecule has 0 fully saturated rings. The van der Waals surface area contributed by atoms with Gasteiger partial charge in [-0.1, -0.05) is 17.7 Å². The predicted octanol–water partition coefficient (Wildman–Crippen LogP) is 3.48. The minimum Gasteiger partial charge on any atom is -0.496 e. The molecule has 0 aromatic heterocycles. The molecule has 1 aromatic carbocycles. The quantitative estimate of drug-likeness (QED) is 0.716. The molecule has 0 radical (unpaired) electrons. The molecule has 0 aliphatic rings. The van der Waals surface area contributed by atoms with Crippen molar-refractivity contribution in [3.05, 3.63) is 35.4 Å². The van der Waals surface area contributed by atoms with E-state index in [4.69, 9.17) is 21.1 Å². The van der Waals surface area contributed by atoms with Gasteiger partial charge in [-0.3, -0.25) is 0 Å². The third-order valence-corrected chi connectivity index (χ3v) is 2.47. The molecule has 0 saturated heterocycles. The van der Waals surface area contributed by atoms with E-state index >= 15 is 0 Å². The van der Waals surface area contributed by atoms with Crippen molar-refractivity contribution in [2.24, 2.45) is 0 Å². The van der Waals surface area contributed by atoms with Crippen LogP contribution in [0.5, 0.6) is 11.5 Å². The van der Waals surface area contributed by atoms with E-state index in [2.05, 4.69) is 6.58 Å². The van der Waals surface area contributed by atoms with Gasteiger partial charge in [0.1, 0.15) is 11.5 Å². The summed E-state index contributed by atoms with van der Waals surface area (Å²) in [6.07, 6.45) is 3.65. The highest BCUT2D eigenvalue weighted by atomic mass is 35.5. The maximum Gasteiger partial charge on any atom is 0.141 e. The van der Waals surface area contributed by atoms with E-state index in [1.807, 2.05) is 12.1 Å². The van der Waals surface area contributed by atoms with E-state index in [1.165, 1.54) is 0 Å². The van der Waals surface area contributed by atoms with Crippen molar-refractivity contribution in [1.82, 2.24) is 0 Å². The highest BCUT2D eigenvalue weighted by Gasteiger charge is 2.08. The van der Waals surface area contributed by atoms with E-state index in [0.29, 0.717) is 10.8 Å². The van der Waals surface area contributed by atoms with Crippen LogP contribution >= 0.6 is 11.6 Å². The van der Waals surface area contributed by atoms with Crippen LogP contribution in [0.2, 0.25) is 5.02 Å². The smallest absolute Gasteiger partial charge is 0.141 e. The van der Waals surface area contributed by atoms with E-state index in [0.717, 1.165) is 24.2 Å². The largest absolute Gasteiger partial charge is 0.496 e. The standard InChI is InChI=1S/C12H15ClO2/c1-4-5-6-9-7-10(13)12(15-3)8-11(9)14-2/h4,7-8H,1,5-6H2,2-3H3. The molecule has 2 nitrogen and oxygen atoms in total. The second-order valence-electron chi connectivity index (χ2n) is 3.13. The molecular formula is C12H15ClO2. The highest BCUT2D eigenvalue weighted by Crippen LogP contribution is 2.33. The molecular weight excluding hydrogens is 212 g/mol. The van der Waals surface area contributed by atoms with Gasteiger partial charge in [0.05, 0.1) is 19.2 Å². The maximum absolute atomic E-state index is 6.03. The molecule has 0 aliphatic heterocycles. The summed E-state index contributed by atoms with van der Waals surface area (Å²) in [7, 11) is 3.23. The molecule has 3 heteroatoms. The Morgan fingerprint density at radius 2 is 1.93 bits per heavy atom. The summed E-state index contributed by atoms with van der Waals surface area (Å²) < 4.78 is 10.4. The van der Waals surface area contributed by atoms with Gasteiger partial charge < -0.3 is 9.47 Å². The Hall–Kier alpha value is -1.15. The average molecular weight is 227 g/mol. The van der Waals surface area contributed by atoms with Gasteiger partial charge in [-0.05, 0) is 24.5 Å². The predicted molar refractivity (Wildman–Crippen MR) is 63.1 cm³/mol. The van der Waals surface area contributed by atoms with Crippen molar-refractivity contribution in [2.45, 2.75) is 12.8 Å². The zero-order valence-corrected chi connectivity index (χ0v) is 9.80. The SMILES string of the molecule is C=CCCc1cc(Cl)c(OC)cc1OC. The molecule has 0 saturated carbocycles. The van der Waals surface area contributed by atoms with E-state index in [9.17, 15) is 0 Å². The average Bonchev–Trinajstić information content (AvgIpc) is 2.26. The molecule has 0 aliphatic carbocycles. The summed E-state index contributed by atoms with van der Waals surface area (Å²) in [4.78, 5) is 0. The third kappa shape index (κ3) is 2.90. The van der Waals surface area contributed by atoms with Crippen molar-refractivity contribution in [3.63, 3.8) is 0 Å². The number of hydrogen-bond donors (Lipinski definition) is 0. The topological polar surface area (TPSA) is 18.5 Å². The Morgan fingerprint density at radius 3 is 2.47 bits per heavy atom. The van der Waals surface area contributed by atoms with Crippen molar-refractivity contribution < 1.29 is 9.47 Å². The summed E-state index contributed by atoms with van der Waals surface area (Å²) in [6.45, 7) is 3.69. The Labute approximate surface area is 95.5 Å². The molecule has 0 bridgehead atoms. The normalized spacial score (nSPS) is 9.80. The van der Waals surface area contributed by atoms with Crippen LogP contribution in [0.3, 0.4) is 0 Å². The Bertz CT molecular complexity index is 348. The lowest BCUT2D eigenvalue weighted by Crippen LogP contribution is -1.94. The molecule has 0 atom stereocenters. The first kappa shape index (κ1) is 11.9.